The summed E-state index contributed by atoms with van der Waals surface area (Å²) in [5.41, 5.74) is 0. The Morgan fingerprint density at radius 3 is 2.28 bits per heavy atom. The normalized spacial score (nSPS) is 14.7. The number of aromatic nitrogens is 8. The third kappa shape index (κ3) is 3.29. The van der Waals surface area contributed by atoms with Crippen molar-refractivity contribution in [3.8, 4) is 5.82 Å². The molecule has 1 aliphatic heterocycles. The van der Waals surface area contributed by atoms with Gasteiger partial charge in [0.25, 0.3) is 0 Å². The number of carbonyl (C=O) groups excluding carboxylic acids is 1. The molecule has 3 aromatic heterocycles. The van der Waals surface area contributed by atoms with Crippen molar-refractivity contribution in [3.63, 3.8) is 0 Å². The Kier molecular flexibility index (Phi) is 4.02. The van der Waals surface area contributed by atoms with Crippen molar-refractivity contribution in [2.75, 3.05) is 31.1 Å². The number of amides is 1. The van der Waals surface area contributed by atoms with E-state index in [4.69, 9.17) is 0 Å². The van der Waals surface area contributed by atoms with E-state index in [1.165, 1.54) is 17.3 Å². The van der Waals surface area contributed by atoms with Crippen molar-refractivity contribution in [2.24, 2.45) is 0 Å². The van der Waals surface area contributed by atoms with Crippen molar-refractivity contribution >= 4 is 11.7 Å². The fourth-order valence-electron chi connectivity index (χ4n) is 2.67. The van der Waals surface area contributed by atoms with Crippen LogP contribution in [0, 0.1) is 0 Å². The quantitative estimate of drug-likeness (QED) is 0.594. The van der Waals surface area contributed by atoms with Gasteiger partial charge in [-0.25, -0.2) is 19.3 Å². The van der Waals surface area contributed by atoms with E-state index in [0.717, 1.165) is 5.82 Å². The van der Waals surface area contributed by atoms with Gasteiger partial charge >= 0.3 is 0 Å². The first kappa shape index (κ1) is 15.2. The van der Waals surface area contributed by atoms with Crippen LogP contribution >= 0.6 is 0 Å². The van der Waals surface area contributed by atoms with E-state index >= 15 is 0 Å². The second-order valence-electron chi connectivity index (χ2n) is 5.55. The molecule has 0 atom stereocenters. The Morgan fingerprint density at radius 2 is 1.64 bits per heavy atom. The molecule has 1 fully saturated rings. The van der Waals surface area contributed by atoms with Gasteiger partial charge in [0.2, 0.25) is 5.91 Å². The maximum absolute atomic E-state index is 12.3. The molecule has 25 heavy (non-hydrogen) atoms. The summed E-state index contributed by atoms with van der Waals surface area (Å²) < 4.78 is 3.08. The Balaban J connectivity index is 1.34. The van der Waals surface area contributed by atoms with E-state index in [-0.39, 0.29) is 12.5 Å². The summed E-state index contributed by atoms with van der Waals surface area (Å²) >= 11 is 0. The van der Waals surface area contributed by atoms with Crippen LogP contribution in [0.4, 0.5) is 5.82 Å². The second kappa shape index (κ2) is 6.63. The summed E-state index contributed by atoms with van der Waals surface area (Å²) in [6.45, 7) is 2.91. The molecule has 0 N–H and O–H groups in total. The summed E-state index contributed by atoms with van der Waals surface area (Å²) in [4.78, 5) is 23.9. The van der Waals surface area contributed by atoms with E-state index in [1.807, 2.05) is 17.0 Å². The first-order valence-electron chi connectivity index (χ1n) is 7.83. The van der Waals surface area contributed by atoms with Gasteiger partial charge in [0, 0.05) is 26.2 Å². The molecule has 0 aromatic carbocycles. The largest absolute Gasteiger partial charge is 0.352 e. The van der Waals surface area contributed by atoms with Crippen molar-refractivity contribution < 1.29 is 4.79 Å². The molecule has 0 bridgehead atoms. The Hall–Kier alpha value is -3.37. The number of anilines is 1. The number of hydrogen-bond donors (Lipinski definition) is 0. The monoisotopic (exact) mass is 340 g/mol. The van der Waals surface area contributed by atoms with Crippen LogP contribution in [0.1, 0.15) is 0 Å². The molecular formula is C14H16N10O. The van der Waals surface area contributed by atoms with Gasteiger partial charge in [-0.2, -0.15) is 10.2 Å². The van der Waals surface area contributed by atoms with Crippen LogP contribution in [-0.2, 0) is 11.3 Å². The zero-order valence-electron chi connectivity index (χ0n) is 13.4. The first-order chi connectivity index (χ1) is 12.3. The maximum Gasteiger partial charge on any atom is 0.244 e. The lowest BCUT2D eigenvalue weighted by atomic mass is 10.3. The highest BCUT2D eigenvalue weighted by Gasteiger charge is 2.22. The molecule has 0 saturated carbocycles. The molecule has 3 aromatic rings. The van der Waals surface area contributed by atoms with Crippen LogP contribution in [0.2, 0.25) is 0 Å². The fourth-order valence-corrected chi connectivity index (χ4v) is 2.67. The lowest BCUT2D eigenvalue weighted by Gasteiger charge is -2.35. The van der Waals surface area contributed by atoms with E-state index in [0.29, 0.717) is 32.0 Å². The highest BCUT2D eigenvalue weighted by Crippen LogP contribution is 2.14. The van der Waals surface area contributed by atoms with Crippen molar-refractivity contribution in [3.05, 3.63) is 37.4 Å². The van der Waals surface area contributed by atoms with Crippen molar-refractivity contribution in [1.82, 2.24) is 44.6 Å². The second-order valence-corrected chi connectivity index (χ2v) is 5.55. The summed E-state index contributed by atoms with van der Waals surface area (Å²) in [5, 5.41) is 16.4. The first-order valence-corrected chi connectivity index (χ1v) is 7.83. The van der Waals surface area contributed by atoms with Gasteiger partial charge in [-0.3, -0.25) is 4.79 Å². The molecule has 0 aliphatic carbocycles. The summed E-state index contributed by atoms with van der Waals surface area (Å²) in [6, 6.07) is 3.75. The number of carbonyl (C=O) groups is 1. The molecule has 0 spiro atoms. The molecule has 11 heteroatoms. The minimum Gasteiger partial charge on any atom is -0.352 e. The van der Waals surface area contributed by atoms with Gasteiger partial charge in [0.1, 0.15) is 31.9 Å². The maximum atomic E-state index is 12.3. The van der Waals surface area contributed by atoms with Gasteiger partial charge in [-0.05, 0) is 12.1 Å². The highest BCUT2D eigenvalue weighted by molar-refractivity contribution is 5.76. The molecule has 128 valence electrons. The van der Waals surface area contributed by atoms with Crippen LogP contribution < -0.4 is 4.90 Å². The number of rotatable bonds is 4. The molecule has 0 unspecified atom stereocenters. The fraction of sp³-hybridized carbons (Fsp3) is 0.357. The lowest BCUT2D eigenvalue weighted by molar-refractivity contribution is -0.132. The van der Waals surface area contributed by atoms with Gasteiger partial charge in [-0.1, -0.05) is 0 Å². The van der Waals surface area contributed by atoms with Crippen LogP contribution in [0.5, 0.6) is 0 Å². The van der Waals surface area contributed by atoms with Crippen LogP contribution in [0.3, 0.4) is 0 Å². The zero-order valence-corrected chi connectivity index (χ0v) is 13.4. The molecule has 4 rings (SSSR count). The lowest BCUT2D eigenvalue weighted by Crippen LogP contribution is -2.50. The Labute approximate surface area is 142 Å². The van der Waals surface area contributed by atoms with E-state index in [1.54, 1.807) is 17.3 Å². The molecule has 1 amide bonds. The molecule has 11 nitrogen and oxygen atoms in total. The predicted molar refractivity (Wildman–Crippen MR) is 85.8 cm³/mol. The molecule has 1 saturated heterocycles. The van der Waals surface area contributed by atoms with Gasteiger partial charge in [0.05, 0.1) is 0 Å². The minimum atomic E-state index is 0.0396. The Morgan fingerprint density at radius 1 is 0.920 bits per heavy atom. The minimum absolute atomic E-state index is 0.0396. The number of nitrogens with zero attached hydrogens (tertiary/aromatic N) is 10. The molecular weight excluding hydrogens is 324 g/mol. The zero-order chi connectivity index (χ0) is 17.1. The van der Waals surface area contributed by atoms with Crippen LogP contribution in [0.25, 0.3) is 5.82 Å². The summed E-state index contributed by atoms with van der Waals surface area (Å²) in [7, 11) is 0. The average molecular weight is 340 g/mol. The standard InChI is InChI=1S/C14H16N10O/c25-14(7-23-10-15-8-17-23)22-5-3-21(4-6-22)12-1-2-13(20-19-12)24-11-16-9-18-24/h1-2,8-11H,3-7H2. The van der Waals surface area contributed by atoms with Crippen LogP contribution in [0.15, 0.2) is 37.4 Å². The van der Waals surface area contributed by atoms with E-state index in [9.17, 15) is 4.79 Å². The van der Waals surface area contributed by atoms with Crippen LogP contribution in [-0.4, -0.2) is 76.7 Å². The SMILES string of the molecule is O=C(Cn1cncn1)N1CCN(c2ccc(-n3cncn3)nn2)CC1. The van der Waals surface area contributed by atoms with E-state index in [2.05, 4.69) is 35.3 Å². The molecule has 1 aliphatic rings. The van der Waals surface area contributed by atoms with Gasteiger partial charge in [-0.15, -0.1) is 10.2 Å². The number of hydrogen-bond acceptors (Lipinski definition) is 8. The topological polar surface area (TPSA) is 111 Å². The van der Waals surface area contributed by atoms with Crippen molar-refractivity contribution in [1.29, 1.82) is 0 Å². The summed E-state index contributed by atoms with van der Waals surface area (Å²) in [5.74, 6) is 1.44. The Bertz CT molecular complexity index is 806. The summed E-state index contributed by atoms with van der Waals surface area (Å²) in [6.07, 6.45) is 5.99. The van der Waals surface area contributed by atoms with Gasteiger partial charge < -0.3 is 9.80 Å². The van der Waals surface area contributed by atoms with E-state index < -0.39 is 0 Å². The third-order valence-electron chi connectivity index (χ3n) is 4.01. The highest BCUT2D eigenvalue weighted by atomic mass is 16.2. The average Bonchev–Trinajstić information content (AvgIpc) is 3.36. The predicted octanol–water partition coefficient (Wildman–Crippen LogP) is -1.00. The van der Waals surface area contributed by atoms with Crippen molar-refractivity contribution in [2.45, 2.75) is 6.54 Å². The molecule has 0 radical (unpaired) electrons. The smallest absolute Gasteiger partial charge is 0.244 e. The third-order valence-corrected chi connectivity index (χ3v) is 4.01. The number of piperazine rings is 1. The van der Waals surface area contributed by atoms with Gasteiger partial charge in [0.15, 0.2) is 11.6 Å². The molecule has 4 heterocycles.